The first-order valence-electron chi connectivity index (χ1n) is 17.3. The van der Waals surface area contributed by atoms with Crippen molar-refractivity contribution >= 4 is 28.4 Å². The third-order valence-electron chi connectivity index (χ3n) is 7.30. The molecule has 0 saturated heterocycles. The minimum absolute atomic E-state index is 0. The van der Waals surface area contributed by atoms with Crippen molar-refractivity contribution in [2.45, 2.75) is 89.5 Å². The third-order valence-corrected chi connectivity index (χ3v) is 7.30. The van der Waals surface area contributed by atoms with Gasteiger partial charge in [0, 0.05) is 35.5 Å². The molecule has 0 amide bonds. The fraction of sp³-hybridized carbons (Fsp3) is 0.326. The molecule has 2 N–H and O–H groups in total. The van der Waals surface area contributed by atoms with Crippen molar-refractivity contribution in [1.82, 2.24) is 0 Å². The maximum Gasteiger partial charge on any atom is 0.0417 e. The molecule has 0 aliphatic carbocycles. The number of hydrogen-bond acceptors (Lipinski definition) is 3. The van der Waals surface area contributed by atoms with E-state index in [0.29, 0.717) is 5.92 Å². The van der Waals surface area contributed by atoms with E-state index in [1.165, 1.54) is 22.4 Å². The predicted molar refractivity (Wildman–Crippen MR) is 226 cm³/mol. The summed E-state index contributed by atoms with van der Waals surface area (Å²) in [5.41, 5.74) is 12.2. The molecule has 0 aliphatic heterocycles. The van der Waals surface area contributed by atoms with Gasteiger partial charge in [0.2, 0.25) is 0 Å². The summed E-state index contributed by atoms with van der Waals surface area (Å²) in [6, 6.07) is 27.3. The van der Waals surface area contributed by atoms with E-state index < -0.39 is 0 Å². The quantitative estimate of drug-likeness (QED) is 0.109. The summed E-state index contributed by atoms with van der Waals surface area (Å²) in [6.07, 6.45) is 12.3. The van der Waals surface area contributed by atoms with E-state index in [-0.39, 0.29) is 7.43 Å². The van der Waals surface area contributed by atoms with E-state index in [2.05, 4.69) is 155 Å². The summed E-state index contributed by atoms with van der Waals surface area (Å²) >= 11 is 0. The first-order chi connectivity index (χ1) is 23.0. The van der Waals surface area contributed by atoms with E-state index in [9.17, 15) is 0 Å². The van der Waals surface area contributed by atoms with Crippen molar-refractivity contribution < 1.29 is 0 Å². The lowest BCUT2D eigenvalue weighted by atomic mass is 9.90. The molecule has 3 heteroatoms. The Kier molecular flexibility index (Phi) is 23.0. The molecule has 0 radical (unpaired) electrons. The molecule has 0 bridgehead atoms. The number of hydrogen-bond donors (Lipinski definition) is 2. The van der Waals surface area contributed by atoms with Gasteiger partial charge >= 0.3 is 0 Å². The predicted octanol–water partition coefficient (Wildman–Crippen LogP) is 14.1. The van der Waals surface area contributed by atoms with Crippen LogP contribution in [0.1, 0.15) is 99.3 Å². The van der Waals surface area contributed by atoms with Gasteiger partial charge in [-0.05, 0) is 124 Å². The Morgan fingerprint density at radius 1 is 0.816 bits per heavy atom. The SMILES string of the molecule is C.C/C=C\C.C=C(C)C(C)=N/C=C(CC)/C(=C/C(C)C)C(=C)c1cccc(N/C(=C\CC)c2ccccc2)c1.CCNc1cccc(C)c1. The number of anilines is 2. The molecule has 0 heterocycles. The maximum absolute atomic E-state index is 4.66. The Bertz CT molecular complexity index is 1560. The monoisotopic (exact) mass is 660 g/mol. The zero-order valence-corrected chi connectivity index (χ0v) is 31.5. The molecular formula is C46H65N3. The molecule has 3 aromatic rings. The standard InChI is InChI=1S/C32H40N2.C9H13N.C4H8.CH4/c1-9-15-32(28-16-12-11-13-17-28)34-30-19-14-18-29(21-30)25(7)31(20-23(3)4)27(10-2)22-33-26(8)24(5)6;1-3-10-9-6-4-5-8(2)7-9;1-3-4-2;/h11-23,34H,5,7,9-10H2,1-4,6,8H3;4-7,10H,3H2,1-2H3;3-4H,1-2H3;1H4/b27-22+,31-20+,32-15-,33-26?;;4-3-;. The van der Waals surface area contributed by atoms with E-state index in [1.54, 1.807) is 0 Å². The summed E-state index contributed by atoms with van der Waals surface area (Å²) in [7, 11) is 0. The Balaban J connectivity index is 0.00000128. The fourth-order valence-corrected chi connectivity index (χ4v) is 4.49. The number of nitrogens with zero attached hydrogens (tertiary/aromatic N) is 1. The second kappa shape index (κ2) is 25.4. The van der Waals surface area contributed by atoms with Crippen molar-refractivity contribution in [3.8, 4) is 0 Å². The highest BCUT2D eigenvalue weighted by Crippen LogP contribution is 2.32. The van der Waals surface area contributed by atoms with Crippen LogP contribution in [0.2, 0.25) is 0 Å². The molecule has 3 nitrogen and oxygen atoms in total. The van der Waals surface area contributed by atoms with Gasteiger partial charge in [0.15, 0.2) is 0 Å². The normalized spacial score (nSPS) is 11.9. The van der Waals surface area contributed by atoms with Gasteiger partial charge < -0.3 is 10.6 Å². The second-order valence-electron chi connectivity index (χ2n) is 12.0. The van der Waals surface area contributed by atoms with Crippen LogP contribution >= 0.6 is 0 Å². The van der Waals surface area contributed by atoms with Crippen LogP contribution in [0.3, 0.4) is 0 Å². The van der Waals surface area contributed by atoms with Crippen molar-refractivity contribution in [2.75, 3.05) is 17.2 Å². The van der Waals surface area contributed by atoms with Crippen LogP contribution in [-0.2, 0) is 0 Å². The van der Waals surface area contributed by atoms with Crippen LogP contribution in [0.25, 0.3) is 11.3 Å². The highest BCUT2D eigenvalue weighted by molar-refractivity contribution is 5.97. The molecule has 0 fully saturated rings. The van der Waals surface area contributed by atoms with Gasteiger partial charge in [0.25, 0.3) is 0 Å². The smallest absolute Gasteiger partial charge is 0.0417 e. The maximum atomic E-state index is 4.66. The van der Waals surface area contributed by atoms with Crippen LogP contribution < -0.4 is 10.6 Å². The van der Waals surface area contributed by atoms with Gasteiger partial charge in [0.05, 0.1) is 0 Å². The molecule has 3 rings (SSSR count). The third kappa shape index (κ3) is 17.4. The second-order valence-corrected chi connectivity index (χ2v) is 12.0. The van der Waals surface area contributed by atoms with E-state index in [0.717, 1.165) is 58.8 Å². The number of allylic oxidation sites excluding steroid dienone is 8. The van der Waals surface area contributed by atoms with Gasteiger partial charge in [-0.3, -0.25) is 4.99 Å². The molecule has 264 valence electrons. The summed E-state index contributed by atoms with van der Waals surface area (Å²) < 4.78 is 0. The lowest BCUT2D eigenvalue weighted by Gasteiger charge is -2.17. The minimum Gasteiger partial charge on any atom is -0.385 e. The van der Waals surface area contributed by atoms with Crippen LogP contribution in [0, 0.1) is 12.8 Å². The Labute approximate surface area is 301 Å². The molecule has 3 aromatic carbocycles. The van der Waals surface area contributed by atoms with E-state index >= 15 is 0 Å². The summed E-state index contributed by atoms with van der Waals surface area (Å²) in [4.78, 5) is 4.66. The molecule has 0 spiro atoms. The number of aliphatic imine (C=N–C) groups is 1. The molecule has 0 saturated carbocycles. The van der Waals surface area contributed by atoms with Gasteiger partial charge in [-0.25, -0.2) is 0 Å². The molecule has 0 unspecified atom stereocenters. The van der Waals surface area contributed by atoms with Gasteiger partial charge in [-0.1, -0.05) is 127 Å². The Morgan fingerprint density at radius 2 is 1.43 bits per heavy atom. The lowest BCUT2D eigenvalue weighted by molar-refractivity contribution is 0.825. The Hall–Kier alpha value is -4.63. The first kappa shape index (κ1) is 44.4. The van der Waals surface area contributed by atoms with Crippen LogP contribution in [-0.4, -0.2) is 12.3 Å². The lowest BCUT2D eigenvalue weighted by Crippen LogP contribution is -2.01. The first-order valence-corrected chi connectivity index (χ1v) is 17.3. The van der Waals surface area contributed by atoms with E-state index in [4.69, 9.17) is 0 Å². The van der Waals surface area contributed by atoms with Crippen molar-refractivity contribution in [3.63, 3.8) is 0 Å². The molecule has 0 aliphatic rings. The largest absolute Gasteiger partial charge is 0.385 e. The highest BCUT2D eigenvalue weighted by atomic mass is 14.9. The van der Waals surface area contributed by atoms with Gasteiger partial charge in [-0.15, -0.1) is 0 Å². The minimum atomic E-state index is 0. The van der Waals surface area contributed by atoms with Gasteiger partial charge in [0.1, 0.15) is 0 Å². The van der Waals surface area contributed by atoms with Crippen molar-refractivity contribution in [2.24, 2.45) is 10.9 Å². The van der Waals surface area contributed by atoms with Crippen LogP contribution in [0.5, 0.6) is 0 Å². The summed E-state index contributed by atoms with van der Waals surface area (Å²) in [5.74, 6) is 0.395. The number of rotatable bonds is 13. The highest BCUT2D eigenvalue weighted by Gasteiger charge is 2.12. The zero-order chi connectivity index (χ0) is 35.9. The Morgan fingerprint density at radius 3 is 1.96 bits per heavy atom. The average molecular weight is 660 g/mol. The topological polar surface area (TPSA) is 36.4 Å². The molecular weight excluding hydrogens is 595 g/mol. The van der Waals surface area contributed by atoms with Crippen molar-refractivity contribution in [3.05, 3.63) is 156 Å². The van der Waals surface area contributed by atoms with E-state index in [1.807, 2.05) is 52.1 Å². The number of nitrogens with one attached hydrogen (secondary N) is 2. The molecule has 0 aromatic heterocycles. The molecule has 0 atom stereocenters. The van der Waals surface area contributed by atoms with Crippen LogP contribution in [0.4, 0.5) is 11.4 Å². The number of benzene rings is 3. The zero-order valence-electron chi connectivity index (χ0n) is 31.5. The summed E-state index contributed by atoms with van der Waals surface area (Å²) in [6.45, 7) is 30.4. The average Bonchev–Trinajstić information content (AvgIpc) is 3.08. The van der Waals surface area contributed by atoms with Crippen LogP contribution in [0.15, 0.2) is 144 Å². The summed E-state index contributed by atoms with van der Waals surface area (Å²) in [5, 5.41) is 6.87. The molecule has 49 heavy (non-hydrogen) atoms. The van der Waals surface area contributed by atoms with Gasteiger partial charge in [-0.2, -0.15) is 0 Å². The number of aryl methyl sites for hydroxylation is 1. The fourth-order valence-electron chi connectivity index (χ4n) is 4.49. The van der Waals surface area contributed by atoms with Crippen molar-refractivity contribution in [1.29, 1.82) is 0 Å².